The Hall–Kier alpha value is -2.52. The monoisotopic (exact) mass is 456 g/mol. The van der Waals surface area contributed by atoms with E-state index in [-0.39, 0.29) is 0 Å². The molecule has 0 amide bonds. The number of hydrogen-bond donors (Lipinski definition) is 2. The minimum absolute atomic E-state index is 0.300. The van der Waals surface area contributed by atoms with Crippen molar-refractivity contribution in [3.05, 3.63) is 48.0 Å². The third-order valence-electron chi connectivity index (χ3n) is 6.07. The molecule has 8 nitrogen and oxygen atoms in total. The van der Waals surface area contributed by atoms with Crippen LogP contribution in [-0.2, 0) is 18.9 Å². The molecule has 0 aliphatic carbocycles. The molecule has 6 rings (SSSR count). The number of phenols is 2. The Balaban J connectivity index is 0.000000139. The van der Waals surface area contributed by atoms with Crippen molar-refractivity contribution in [3.63, 3.8) is 0 Å². The summed E-state index contributed by atoms with van der Waals surface area (Å²) in [5.74, 6) is 0.646. The third-order valence-corrected chi connectivity index (χ3v) is 6.07. The van der Waals surface area contributed by atoms with Gasteiger partial charge in [-0.2, -0.15) is 0 Å². The van der Waals surface area contributed by atoms with Gasteiger partial charge in [-0.15, -0.1) is 0 Å². The second-order valence-corrected chi connectivity index (χ2v) is 9.12. The van der Waals surface area contributed by atoms with Crippen molar-refractivity contribution in [3.8, 4) is 11.5 Å². The lowest BCUT2D eigenvalue weighted by Crippen LogP contribution is -2.31. The fourth-order valence-corrected chi connectivity index (χ4v) is 3.75. The maximum atomic E-state index is 9.55. The molecule has 0 aromatic heterocycles. The summed E-state index contributed by atoms with van der Waals surface area (Å²) in [7, 11) is 0. The molecular weight excluding hydrogens is 424 g/mol. The van der Waals surface area contributed by atoms with E-state index >= 15 is 0 Å². The van der Waals surface area contributed by atoms with Gasteiger partial charge in [0.2, 0.25) is 0 Å². The first-order valence-corrected chi connectivity index (χ1v) is 11.6. The van der Waals surface area contributed by atoms with Crippen LogP contribution >= 0.6 is 0 Å². The molecule has 4 aliphatic heterocycles. The summed E-state index contributed by atoms with van der Waals surface area (Å²) in [6, 6.07) is 13.0. The second-order valence-electron chi connectivity index (χ2n) is 9.12. The molecule has 0 radical (unpaired) electrons. The highest BCUT2D eigenvalue weighted by Gasteiger charge is 2.32. The number of hydrogen-bond acceptors (Lipinski definition) is 8. The average molecular weight is 457 g/mol. The molecule has 4 saturated heterocycles. The fraction of sp³-hybridized carbons (Fsp3) is 0.520. The molecule has 4 heterocycles. The lowest BCUT2D eigenvalue weighted by molar-refractivity contribution is 0.388. The number of aromatic hydroxyl groups is 2. The van der Waals surface area contributed by atoms with Gasteiger partial charge in [0.1, 0.15) is 11.5 Å². The lowest BCUT2D eigenvalue weighted by Gasteiger charge is -2.23. The number of ether oxygens (including phenoxy) is 4. The smallest absolute Gasteiger partial charge is 0.118 e. The Morgan fingerprint density at radius 3 is 1.45 bits per heavy atom. The third kappa shape index (κ3) is 6.98. The number of aryl methyl sites for hydroxylation is 1. The van der Waals surface area contributed by atoms with E-state index in [0.29, 0.717) is 35.9 Å². The first-order chi connectivity index (χ1) is 16.0. The van der Waals surface area contributed by atoms with E-state index in [1.165, 1.54) is 0 Å². The molecule has 0 bridgehead atoms. The van der Waals surface area contributed by atoms with Gasteiger partial charge in [-0.3, -0.25) is 0 Å². The highest BCUT2D eigenvalue weighted by atomic mass is 16.6. The largest absolute Gasteiger partial charge is 0.508 e. The number of epoxide rings is 4. The maximum Gasteiger partial charge on any atom is 0.118 e. The second kappa shape index (κ2) is 9.77. The van der Waals surface area contributed by atoms with Gasteiger partial charge >= 0.3 is 0 Å². The van der Waals surface area contributed by atoms with Crippen molar-refractivity contribution in [2.75, 3.05) is 62.4 Å². The highest BCUT2D eigenvalue weighted by Crippen LogP contribution is 2.27. The molecule has 4 fully saturated rings. The SMILES string of the molecule is Cc1cc(N(CC2CO2)CC2CO2)ccc1O.Oc1ccc(N(CC2CO2)CC2CO2)cc1. The van der Waals surface area contributed by atoms with Gasteiger partial charge in [0.25, 0.3) is 0 Å². The van der Waals surface area contributed by atoms with Crippen LogP contribution in [0.25, 0.3) is 0 Å². The Kier molecular flexibility index (Phi) is 6.59. The van der Waals surface area contributed by atoms with Crippen LogP contribution < -0.4 is 9.80 Å². The van der Waals surface area contributed by atoms with Crippen molar-refractivity contribution >= 4 is 11.4 Å². The van der Waals surface area contributed by atoms with Gasteiger partial charge in [0.15, 0.2) is 0 Å². The van der Waals surface area contributed by atoms with Crippen LogP contribution in [0.2, 0.25) is 0 Å². The van der Waals surface area contributed by atoms with E-state index in [9.17, 15) is 10.2 Å². The molecular formula is C25H32N2O6. The Morgan fingerprint density at radius 1 is 0.667 bits per heavy atom. The molecule has 2 N–H and O–H groups in total. The number of rotatable bonds is 10. The zero-order chi connectivity index (χ0) is 22.8. The number of phenolic OH excluding ortho intramolecular Hbond substituents is 2. The molecule has 4 unspecified atom stereocenters. The number of benzene rings is 2. The van der Waals surface area contributed by atoms with Crippen LogP contribution in [0.5, 0.6) is 11.5 Å². The number of nitrogens with zero attached hydrogens (tertiary/aromatic N) is 2. The van der Waals surface area contributed by atoms with Gasteiger partial charge in [-0.1, -0.05) is 0 Å². The molecule has 8 heteroatoms. The topological polar surface area (TPSA) is 97.1 Å². The first kappa shape index (κ1) is 22.3. The van der Waals surface area contributed by atoms with Gasteiger partial charge in [-0.25, -0.2) is 0 Å². The first-order valence-electron chi connectivity index (χ1n) is 11.6. The quantitative estimate of drug-likeness (QED) is 0.526. The minimum atomic E-state index is 0.300. The van der Waals surface area contributed by atoms with Crippen molar-refractivity contribution in [2.24, 2.45) is 0 Å². The van der Waals surface area contributed by atoms with Crippen LogP contribution in [0.4, 0.5) is 11.4 Å². The van der Waals surface area contributed by atoms with E-state index in [4.69, 9.17) is 18.9 Å². The Labute approximate surface area is 194 Å². The van der Waals surface area contributed by atoms with Gasteiger partial charge in [0, 0.05) is 37.6 Å². The summed E-state index contributed by atoms with van der Waals surface area (Å²) >= 11 is 0. The van der Waals surface area contributed by atoms with Gasteiger partial charge < -0.3 is 39.0 Å². The molecule has 0 saturated carbocycles. The zero-order valence-electron chi connectivity index (χ0n) is 18.9. The summed E-state index contributed by atoms with van der Waals surface area (Å²) in [5, 5.41) is 18.8. The van der Waals surface area contributed by atoms with Crippen LogP contribution in [0, 0.1) is 6.92 Å². The van der Waals surface area contributed by atoms with E-state index in [1.54, 1.807) is 18.2 Å². The van der Waals surface area contributed by atoms with Crippen molar-refractivity contribution in [1.82, 2.24) is 0 Å². The average Bonchev–Trinajstić information content (AvgIpc) is 3.61. The predicted octanol–water partition coefficient (Wildman–Crippen LogP) is 2.30. The normalized spacial score (nSPS) is 26.1. The predicted molar refractivity (Wildman–Crippen MR) is 124 cm³/mol. The Morgan fingerprint density at radius 2 is 1.06 bits per heavy atom. The van der Waals surface area contributed by atoms with Crippen LogP contribution in [0.3, 0.4) is 0 Å². The summed E-state index contributed by atoms with van der Waals surface area (Å²) in [4.78, 5) is 4.54. The summed E-state index contributed by atoms with van der Waals surface area (Å²) in [6.07, 6.45) is 1.46. The summed E-state index contributed by atoms with van der Waals surface area (Å²) < 4.78 is 21.1. The molecule has 4 atom stereocenters. The Bertz CT molecular complexity index is 895. The van der Waals surface area contributed by atoms with E-state index in [2.05, 4.69) is 9.80 Å². The zero-order valence-corrected chi connectivity index (χ0v) is 18.9. The van der Waals surface area contributed by atoms with Crippen molar-refractivity contribution in [2.45, 2.75) is 31.3 Å². The lowest BCUT2D eigenvalue weighted by atomic mass is 10.1. The van der Waals surface area contributed by atoms with Crippen molar-refractivity contribution in [1.29, 1.82) is 0 Å². The maximum absolute atomic E-state index is 9.55. The fourth-order valence-electron chi connectivity index (χ4n) is 3.75. The van der Waals surface area contributed by atoms with Crippen LogP contribution in [0.15, 0.2) is 42.5 Å². The molecule has 2 aromatic carbocycles. The molecule has 0 spiro atoms. The standard InChI is InChI=1S/C13H17NO3.C12H15NO3/c1-9-4-10(2-3-13(9)15)14(5-11-7-16-11)6-12-8-17-12;14-10-3-1-9(2-4-10)13(5-11-7-15-11)6-12-8-16-12/h2-4,11-12,15H,5-8H2,1H3;1-4,11-12,14H,5-8H2. The van der Waals surface area contributed by atoms with Gasteiger partial charge in [0.05, 0.1) is 50.8 Å². The summed E-state index contributed by atoms with van der Waals surface area (Å²) in [5.41, 5.74) is 3.15. The van der Waals surface area contributed by atoms with E-state index < -0.39 is 0 Å². The van der Waals surface area contributed by atoms with Crippen LogP contribution in [0.1, 0.15) is 5.56 Å². The van der Waals surface area contributed by atoms with E-state index in [0.717, 1.165) is 69.5 Å². The molecule has 33 heavy (non-hydrogen) atoms. The number of anilines is 2. The molecule has 2 aromatic rings. The minimum Gasteiger partial charge on any atom is -0.508 e. The van der Waals surface area contributed by atoms with Crippen LogP contribution in [-0.4, -0.2) is 87.2 Å². The molecule has 178 valence electrons. The highest BCUT2D eigenvalue weighted by molar-refractivity contribution is 5.53. The van der Waals surface area contributed by atoms with E-state index in [1.807, 2.05) is 31.2 Å². The summed E-state index contributed by atoms with van der Waals surface area (Å²) in [6.45, 7) is 8.99. The molecule has 4 aliphatic rings. The van der Waals surface area contributed by atoms with Gasteiger partial charge in [-0.05, 0) is 55.0 Å². The van der Waals surface area contributed by atoms with Crippen molar-refractivity contribution < 1.29 is 29.2 Å².